The van der Waals surface area contributed by atoms with Crippen LogP contribution in [0.2, 0.25) is 0 Å². The van der Waals surface area contributed by atoms with E-state index in [1.165, 1.54) is 0 Å². The van der Waals surface area contributed by atoms with Crippen molar-refractivity contribution in [1.82, 2.24) is 9.97 Å². The van der Waals surface area contributed by atoms with Gasteiger partial charge in [-0.2, -0.15) is 4.98 Å². The molecular formula is C14H21N3O3. The molecule has 1 aliphatic rings. The lowest BCUT2D eigenvalue weighted by atomic mass is 9.93. The van der Waals surface area contributed by atoms with Crippen molar-refractivity contribution in [3.05, 3.63) is 11.8 Å². The van der Waals surface area contributed by atoms with Gasteiger partial charge in [0.15, 0.2) is 0 Å². The second-order valence-corrected chi connectivity index (χ2v) is 5.24. The third kappa shape index (κ3) is 3.82. The molecule has 0 radical (unpaired) electrons. The van der Waals surface area contributed by atoms with Gasteiger partial charge in [-0.3, -0.25) is 4.79 Å². The Morgan fingerprint density at radius 3 is 3.05 bits per heavy atom. The molecule has 0 spiro atoms. The van der Waals surface area contributed by atoms with Crippen LogP contribution in [0.25, 0.3) is 0 Å². The Hall–Kier alpha value is -1.85. The average molecular weight is 279 g/mol. The fraction of sp³-hybridized carbons (Fsp3) is 0.643. The fourth-order valence-electron chi connectivity index (χ4n) is 2.58. The second kappa shape index (κ2) is 6.54. The predicted molar refractivity (Wildman–Crippen MR) is 75.1 cm³/mol. The van der Waals surface area contributed by atoms with E-state index in [1.54, 1.807) is 13.2 Å². The van der Waals surface area contributed by atoms with E-state index in [2.05, 4.69) is 14.9 Å². The molecule has 1 unspecified atom stereocenters. The van der Waals surface area contributed by atoms with Crippen LogP contribution in [0.15, 0.2) is 6.07 Å². The summed E-state index contributed by atoms with van der Waals surface area (Å²) in [5.74, 6) is 0.924. The van der Waals surface area contributed by atoms with Crippen molar-refractivity contribution in [2.24, 2.45) is 5.92 Å². The van der Waals surface area contributed by atoms with Crippen LogP contribution in [0.3, 0.4) is 0 Å². The molecule has 0 bridgehead atoms. The summed E-state index contributed by atoms with van der Waals surface area (Å²) in [4.78, 5) is 21.6. The number of hydrogen-bond acceptors (Lipinski definition) is 5. The van der Waals surface area contributed by atoms with Crippen molar-refractivity contribution in [1.29, 1.82) is 0 Å². The number of aromatic nitrogens is 2. The molecule has 1 aromatic rings. The maximum atomic E-state index is 10.7. The number of piperidine rings is 1. The van der Waals surface area contributed by atoms with Crippen molar-refractivity contribution in [2.45, 2.75) is 32.6 Å². The number of nitrogens with zero attached hydrogens (tertiary/aromatic N) is 3. The van der Waals surface area contributed by atoms with Gasteiger partial charge >= 0.3 is 5.97 Å². The molecule has 1 fully saturated rings. The first kappa shape index (κ1) is 14.6. The van der Waals surface area contributed by atoms with E-state index in [9.17, 15) is 4.79 Å². The van der Waals surface area contributed by atoms with E-state index in [4.69, 9.17) is 9.84 Å². The summed E-state index contributed by atoms with van der Waals surface area (Å²) in [5, 5.41) is 8.78. The van der Waals surface area contributed by atoms with Crippen LogP contribution in [-0.2, 0) is 4.79 Å². The first-order chi connectivity index (χ1) is 9.58. The Kier molecular flexibility index (Phi) is 4.76. The molecule has 2 heterocycles. The lowest BCUT2D eigenvalue weighted by molar-refractivity contribution is -0.137. The van der Waals surface area contributed by atoms with Crippen LogP contribution in [0, 0.1) is 12.8 Å². The molecule has 110 valence electrons. The van der Waals surface area contributed by atoms with Gasteiger partial charge in [0, 0.05) is 31.3 Å². The zero-order valence-corrected chi connectivity index (χ0v) is 12.0. The molecule has 1 atom stereocenters. The number of carboxylic acids is 1. The lowest BCUT2D eigenvalue weighted by Gasteiger charge is -2.32. The molecule has 0 aliphatic carbocycles. The lowest BCUT2D eigenvalue weighted by Crippen LogP contribution is -2.36. The van der Waals surface area contributed by atoms with Crippen LogP contribution in [-0.4, -0.2) is 41.2 Å². The molecule has 2 rings (SSSR count). The summed E-state index contributed by atoms with van der Waals surface area (Å²) in [6.45, 7) is 3.65. The predicted octanol–water partition coefficient (Wildman–Crippen LogP) is 1.87. The van der Waals surface area contributed by atoms with E-state index in [0.29, 0.717) is 17.7 Å². The molecule has 1 aromatic heterocycles. The molecular weight excluding hydrogens is 258 g/mol. The maximum Gasteiger partial charge on any atom is 0.303 e. The highest BCUT2D eigenvalue weighted by atomic mass is 16.5. The van der Waals surface area contributed by atoms with E-state index in [1.807, 2.05) is 6.92 Å². The highest BCUT2D eigenvalue weighted by molar-refractivity contribution is 5.66. The molecule has 6 nitrogen and oxygen atoms in total. The van der Waals surface area contributed by atoms with Crippen LogP contribution in [0.1, 0.15) is 31.4 Å². The van der Waals surface area contributed by atoms with Crippen molar-refractivity contribution in [2.75, 3.05) is 25.1 Å². The van der Waals surface area contributed by atoms with Gasteiger partial charge in [-0.1, -0.05) is 0 Å². The van der Waals surface area contributed by atoms with E-state index >= 15 is 0 Å². The van der Waals surface area contributed by atoms with Crippen LogP contribution < -0.4 is 9.64 Å². The van der Waals surface area contributed by atoms with E-state index in [0.717, 1.165) is 38.0 Å². The number of rotatable bonds is 5. The number of anilines is 1. The smallest absolute Gasteiger partial charge is 0.303 e. The Morgan fingerprint density at radius 1 is 1.55 bits per heavy atom. The SMILES string of the molecule is COc1cc(C)nc(N2CCCC(CCC(=O)O)C2)n1. The van der Waals surface area contributed by atoms with Crippen molar-refractivity contribution in [3.63, 3.8) is 0 Å². The average Bonchev–Trinajstić information content (AvgIpc) is 2.44. The van der Waals surface area contributed by atoms with Crippen LogP contribution in [0.5, 0.6) is 5.88 Å². The van der Waals surface area contributed by atoms with Crippen LogP contribution >= 0.6 is 0 Å². The van der Waals surface area contributed by atoms with E-state index < -0.39 is 5.97 Å². The minimum absolute atomic E-state index is 0.233. The first-order valence-corrected chi connectivity index (χ1v) is 6.95. The number of ether oxygens (including phenoxy) is 1. The van der Waals surface area contributed by atoms with Crippen molar-refractivity contribution >= 4 is 11.9 Å². The molecule has 6 heteroatoms. The summed E-state index contributed by atoms with van der Waals surface area (Å²) in [7, 11) is 1.59. The number of aryl methyl sites for hydroxylation is 1. The van der Waals surface area contributed by atoms with Gasteiger partial charge in [-0.25, -0.2) is 4.98 Å². The Labute approximate surface area is 118 Å². The molecule has 20 heavy (non-hydrogen) atoms. The molecule has 1 saturated heterocycles. The standard InChI is InChI=1S/C14H21N3O3/c1-10-8-12(20-2)16-14(15-10)17-7-3-4-11(9-17)5-6-13(18)19/h8,11H,3-7,9H2,1-2H3,(H,18,19). The first-order valence-electron chi connectivity index (χ1n) is 6.95. The maximum absolute atomic E-state index is 10.7. The minimum atomic E-state index is -0.726. The topological polar surface area (TPSA) is 75.5 Å². The highest BCUT2D eigenvalue weighted by Crippen LogP contribution is 2.25. The molecule has 1 N–H and O–H groups in total. The summed E-state index contributed by atoms with van der Waals surface area (Å²) in [6.07, 6.45) is 3.07. The van der Waals surface area contributed by atoms with Crippen LogP contribution in [0.4, 0.5) is 5.95 Å². The highest BCUT2D eigenvalue weighted by Gasteiger charge is 2.22. The van der Waals surface area contributed by atoms with E-state index in [-0.39, 0.29) is 6.42 Å². The number of methoxy groups -OCH3 is 1. The number of aliphatic carboxylic acids is 1. The summed E-state index contributed by atoms with van der Waals surface area (Å²) in [6, 6.07) is 1.80. The van der Waals surface area contributed by atoms with Gasteiger partial charge in [0.2, 0.25) is 11.8 Å². The van der Waals surface area contributed by atoms with Gasteiger partial charge in [-0.05, 0) is 32.1 Å². The summed E-state index contributed by atoms with van der Waals surface area (Å²) >= 11 is 0. The van der Waals surface area contributed by atoms with Gasteiger partial charge < -0.3 is 14.7 Å². The van der Waals surface area contributed by atoms with Gasteiger partial charge in [0.25, 0.3) is 0 Å². The Morgan fingerprint density at radius 2 is 2.35 bits per heavy atom. The van der Waals surface area contributed by atoms with Gasteiger partial charge in [0.05, 0.1) is 7.11 Å². The molecule has 0 amide bonds. The quantitative estimate of drug-likeness (QED) is 0.887. The third-order valence-corrected chi connectivity index (χ3v) is 3.60. The van der Waals surface area contributed by atoms with Gasteiger partial charge in [0.1, 0.15) is 0 Å². The fourth-order valence-corrected chi connectivity index (χ4v) is 2.58. The molecule has 0 saturated carbocycles. The zero-order valence-electron chi connectivity index (χ0n) is 12.0. The normalized spacial score (nSPS) is 18.9. The third-order valence-electron chi connectivity index (χ3n) is 3.60. The minimum Gasteiger partial charge on any atom is -0.481 e. The zero-order chi connectivity index (χ0) is 14.5. The monoisotopic (exact) mass is 279 g/mol. The second-order valence-electron chi connectivity index (χ2n) is 5.24. The summed E-state index contributed by atoms with van der Waals surface area (Å²) in [5.41, 5.74) is 0.875. The van der Waals surface area contributed by atoms with Crippen molar-refractivity contribution < 1.29 is 14.6 Å². The molecule has 0 aromatic carbocycles. The largest absolute Gasteiger partial charge is 0.481 e. The number of carbonyl (C=O) groups is 1. The van der Waals surface area contributed by atoms with Crippen molar-refractivity contribution in [3.8, 4) is 5.88 Å². The Balaban J connectivity index is 2.04. The number of hydrogen-bond donors (Lipinski definition) is 1. The van der Waals surface area contributed by atoms with Gasteiger partial charge in [-0.15, -0.1) is 0 Å². The molecule has 1 aliphatic heterocycles. The summed E-state index contributed by atoms with van der Waals surface area (Å²) < 4.78 is 5.18. The Bertz CT molecular complexity index is 479. The number of carboxylic acid groups (broad SMARTS) is 1.